The number of carbonyl (C=O) groups is 1. The van der Waals surface area contributed by atoms with Crippen molar-refractivity contribution < 1.29 is 28.7 Å². The first kappa shape index (κ1) is 25.5. The lowest BCUT2D eigenvalue weighted by Gasteiger charge is -2.16. The highest BCUT2D eigenvalue weighted by Crippen LogP contribution is 2.29. The Bertz CT molecular complexity index is 1380. The Morgan fingerprint density at radius 3 is 2.58 bits per heavy atom. The van der Waals surface area contributed by atoms with Gasteiger partial charge in [-0.15, -0.1) is 0 Å². The maximum Gasteiger partial charge on any atom is 0.341 e. The van der Waals surface area contributed by atoms with Gasteiger partial charge in [0.25, 0.3) is 0 Å². The Labute approximate surface area is 211 Å². The Morgan fingerprint density at radius 1 is 1.14 bits per heavy atom. The predicted octanol–water partition coefficient (Wildman–Crippen LogP) is 3.61. The zero-order valence-corrected chi connectivity index (χ0v) is 21.2. The number of imidazole rings is 1. The van der Waals surface area contributed by atoms with Gasteiger partial charge in [-0.3, -0.25) is 4.98 Å². The van der Waals surface area contributed by atoms with E-state index in [1.165, 1.54) is 7.11 Å². The third-order valence-corrected chi connectivity index (χ3v) is 7.07. The summed E-state index contributed by atoms with van der Waals surface area (Å²) in [6, 6.07) is 13.7. The number of aliphatic hydroxyl groups is 1. The summed E-state index contributed by atoms with van der Waals surface area (Å²) in [5, 5.41) is 10.6. The van der Waals surface area contributed by atoms with Crippen LogP contribution in [-0.4, -0.2) is 44.4 Å². The molecule has 0 fully saturated rings. The van der Waals surface area contributed by atoms with Crippen LogP contribution in [0.15, 0.2) is 59.9 Å². The number of hydrogen-bond donors (Lipinski definition) is 1. The molecule has 188 valence electrons. The van der Waals surface area contributed by atoms with E-state index in [0.29, 0.717) is 33.8 Å². The minimum Gasteiger partial charge on any atom is -0.609 e. The van der Waals surface area contributed by atoms with Gasteiger partial charge in [-0.2, -0.15) is 4.98 Å². The van der Waals surface area contributed by atoms with Crippen molar-refractivity contribution in [3.63, 3.8) is 0 Å². The average Bonchev–Trinajstić information content (AvgIpc) is 3.27. The Morgan fingerprint density at radius 2 is 1.89 bits per heavy atom. The molecule has 2 heterocycles. The summed E-state index contributed by atoms with van der Waals surface area (Å²) in [7, 11) is 3.12. The van der Waals surface area contributed by atoms with Gasteiger partial charge >= 0.3 is 11.1 Å². The number of aromatic nitrogens is 3. The van der Waals surface area contributed by atoms with Gasteiger partial charge in [0.15, 0.2) is 18.6 Å². The van der Waals surface area contributed by atoms with Crippen LogP contribution in [0.25, 0.3) is 11.0 Å². The van der Waals surface area contributed by atoms with Gasteiger partial charge in [0.2, 0.25) is 0 Å². The SMILES string of the molecule is COc1ccc2nc([S+]([O-])Cc3ncc(C)c(OC)c3C)n(COC(=O)C(O)c3ccccc3)c2c1. The highest BCUT2D eigenvalue weighted by molar-refractivity contribution is 7.90. The molecule has 0 bridgehead atoms. The zero-order valence-electron chi connectivity index (χ0n) is 20.4. The van der Waals surface area contributed by atoms with Crippen LogP contribution in [0.2, 0.25) is 0 Å². The third kappa shape index (κ3) is 5.15. The number of nitrogens with zero attached hydrogens (tertiary/aromatic N) is 3. The van der Waals surface area contributed by atoms with Crippen LogP contribution in [0.4, 0.5) is 0 Å². The minimum absolute atomic E-state index is 0.0868. The second-order valence-electron chi connectivity index (χ2n) is 8.12. The number of fused-ring (bicyclic) bond motifs is 1. The van der Waals surface area contributed by atoms with Gasteiger partial charge < -0.3 is 23.9 Å². The number of benzene rings is 2. The van der Waals surface area contributed by atoms with Crippen molar-refractivity contribution in [1.29, 1.82) is 0 Å². The monoisotopic (exact) mass is 509 g/mol. The lowest BCUT2D eigenvalue weighted by Crippen LogP contribution is -2.20. The summed E-state index contributed by atoms with van der Waals surface area (Å²) in [5.74, 6) is 0.517. The molecule has 2 atom stereocenters. The molecule has 0 aliphatic carbocycles. The molecule has 36 heavy (non-hydrogen) atoms. The van der Waals surface area contributed by atoms with E-state index < -0.39 is 23.2 Å². The summed E-state index contributed by atoms with van der Waals surface area (Å²) in [5.41, 5.74) is 3.85. The van der Waals surface area contributed by atoms with Gasteiger partial charge in [0.1, 0.15) is 11.5 Å². The molecule has 10 heteroatoms. The standard InChI is InChI=1S/C26H27N3O6S/c1-16-13-27-21(17(2)24(16)34-4)14-36(32)26-28-20-11-10-19(33-3)12-22(20)29(26)15-35-25(31)23(30)18-8-6-5-7-9-18/h5-13,23,30H,14-15H2,1-4H3. The molecular weight excluding hydrogens is 482 g/mol. The normalized spacial score (nSPS) is 12.8. The number of aliphatic hydroxyl groups excluding tert-OH is 1. The van der Waals surface area contributed by atoms with Gasteiger partial charge in [-0.25, -0.2) is 9.36 Å². The van der Waals surface area contributed by atoms with E-state index in [9.17, 15) is 14.5 Å². The number of ether oxygens (including phenoxy) is 3. The minimum atomic E-state index is -1.64. The van der Waals surface area contributed by atoms with E-state index in [-0.39, 0.29) is 17.6 Å². The van der Waals surface area contributed by atoms with Gasteiger partial charge in [-0.05, 0) is 31.5 Å². The fourth-order valence-corrected chi connectivity index (χ4v) is 5.16. The Kier molecular flexibility index (Phi) is 7.78. The van der Waals surface area contributed by atoms with Crippen molar-refractivity contribution in [2.45, 2.75) is 37.6 Å². The molecular formula is C26H27N3O6S. The molecule has 2 aromatic heterocycles. The zero-order chi connectivity index (χ0) is 25.8. The van der Waals surface area contributed by atoms with Crippen LogP contribution >= 0.6 is 0 Å². The second kappa shape index (κ2) is 11.0. The lowest BCUT2D eigenvalue weighted by molar-refractivity contribution is -0.158. The maximum absolute atomic E-state index is 13.5. The van der Waals surface area contributed by atoms with Crippen molar-refractivity contribution in [1.82, 2.24) is 14.5 Å². The number of pyridine rings is 1. The quantitative estimate of drug-likeness (QED) is 0.269. The molecule has 0 amide bonds. The second-order valence-corrected chi connectivity index (χ2v) is 9.46. The van der Waals surface area contributed by atoms with Crippen LogP contribution in [0.1, 0.15) is 28.5 Å². The molecule has 2 aromatic carbocycles. The van der Waals surface area contributed by atoms with Crippen LogP contribution in [-0.2, 0) is 33.2 Å². The molecule has 0 spiro atoms. The summed E-state index contributed by atoms with van der Waals surface area (Å²) < 4.78 is 31.3. The first-order chi connectivity index (χ1) is 17.3. The number of rotatable bonds is 9. The number of esters is 1. The van der Waals surface area contributed by atoms with E-state index in [2.05, 4.69) is 9.97 Å². The molecule has 0 saturated heterocycles. The lowest BCUT2D eigenvalue weighted by atomic mass is 10.1. The van der Waals surface area contributed by atoms with Gasteiger partial charge in [0.05, 0.1) is 30.9 Å². The number of methoxy groups -OCH3 is 2. The Balaban J connectivity index is 1.65. The highest BCUT2D eigenvalue weighted by atomic mass is 32.2. The molecule has 0 saturated carbocycles. The van der Waals surface area contributed by atoms with Gasteiger partial charge in [-0.1, -0.05) is 30.3 Å². The number of hydrogen-bond acceptors (Lipinski definition) is 8. The number of aryl methyl sites for hydroxylation is 1. The van der Waals surface area contributed by atoms with Crippen LogP contribution in [0.5, 0.6) is 11.5 Å². The molecule has 4 rings (SSSR count). The molecule has 9 nitrogen and oxygen atoms in total. The molecule has 4 aromatic rings. The van der Waals surface area contributed by atoms with E-state index in [1.54, 1.807) is 66.4 Å². The fourth-order valence-electron chi connectivity index (χ4n) is 3.89. The topological polar surface area (TPSA) is 119 Å². The van der Waals surface area contributed by atoms with E-state index in [4.69, 9.17) is 14.2 Å². The third-order valence-electron chi connectivity index (χ3n) is 5.82. The fraction of sp³-hybridized carbons (Fsp3) is 0.269. The van der Waals surface area contributed by atoms with Gasteiger partial charge in [0, 0.05) is 34.6 Å². The predicted molar refractivity (Wildman–Crippen MR) is 134 cm³/mol. The summed E-state index contributed by atoms with van der Waals surface area (Å²) in [6.45, 7) is 3.47. The van der Waals surface area contributed by atoms with E-state index in [1.807, 2.05) is 13.8 Å². The molecule has 0 radical (unpaired) electrons. The van der Waals surface area contributed by atoms with Crippen LogP contribution < -0.4 is 9.47 Å². The number of carbonyl (C=O) groups excluding carboxylic acids is 1. The van der Waals surface area contributed by atoms with Crippen molar-refractivity contribution >= 4 is 28.2 Å². The maximum atomic E-state index is 13.5. The van der Waals surface area contributed by atoms with E-state index >= 15 is 0 Å². The Hall–Kier alpha value is -3.60. The van der Waals surface area contributed by atoms with Crippen molar-refractivity contribution in [3.05, 3.63) is 77.1 Å². The van der Waals surface area contributed by atoms with Crippen LogP contribution in [0, 0.1) is 13.8 Å². The molecule has 2 unspecified atom stereocenters. The largest absolute Gasteiger partial charge is 0.609 e. The molecule has 0 aliphatic heterocycles. The van der Waals surface area contributed by atoms with E-state index in [0.717, 1.165) is 11.1 Å². The van der Waals surface area contributed by atoms with Crippen LogP contribution in [0.3, 0.4) is 0 Å². The summed E-state index contributed by atoms with van der Waals surface area (Å²) in [6.07, 6.45) is 0.232. The van der Waals surface area contributed by atoms with Crippen molar-refractivity contribution in [3.8, 4) is 11.5 Å². The first-order valence-corrected chi connectivity index (χ1v) is 12.5. The molecule has 1 N–H and O–H groups in total. The average molecular weight is 510 g/mol. The van der Waals surface area contributed by atoms with Crippen molar-refractivity contribution in [2.24, 2.45) is 0 Å². The highest BCUT2D eigenvalue weighted by Gasteiger charge is 2.27. The molecule has 0 aliphatic rings. The smallest absolute Gasteiger partial charge is 0.341 e. The first-order valence-electron chi connectivity index (χ1n) is 11.2. The van der Waals surface area contributed by atoms with Crippen molar-refractivity contribution in [2.75, 3.05) is 14.2 Å². The summed E-state index contributed by atoms with van der Waals surface area (Å²) in [4.78, 5) is 21.6. The summed E-state index contributed by atoms with van der Waals surface area (Å²) >= 11 is -1.64.